The first-order valence-corrected chi connectivity index (χ1v) is 16.1. The first kappa shape index (κ1) is 39.5. The average molecular weight is 632 g/mol. The van der Waals surface area contributed by atoms with Crippen molar-refractivity contribution in [3.8, 4) is 0 Å². The van der Waals surface area contributed by atoms with Gasteiger partial charge in [0.1, 0.15) is 11.8 Å². The minimum atomic E-state index is -3.00. The molecule has 1 rings (SSSR count). The van der Waals surface area contributed by atoms with E-state index in [4.69, 9.17) is 0 Å². The lowest BCUT2D eigenvalue weighted by Gasteiger charge is -2.29. The van der Waals surface area contributed by atoms with Crippen LogP contribution in [0.15, 0.2) is 36.4 Å². The van der Waals surface area contributed by atoms with E-state index in [2.05, 4.69) is 12.2 Å². The van der Waals surface area contributed by atoms with E-state index in [0.29, 0.717) is 31.2 Å². The number of carbonyl (C=O) groups excluding carboxylic acids is 2. The van der Waals surface area contributed by atoms with E-state index in [-0.39, 0.29) is 17.6 Å². The van der Waals surface area contributed by atoms with Gasteiger partial charge in [0.25, 0.3) is 0 Å². The minimum absolute atomic E-state index is 0.103. The maximum Gasteiger partial charge on any atom is 0.337 e. The average Bonchev–Trinajstić information content (AvgIpc) is 2.95. The molecule has 0 spiro atoms. The molecule has 0 aliphatic heterocycles. The van der Waals surface area contributed by atoms with E-state index in [1.54, 1.807) is 12.1 Å². The third-order valence-corrected chi connectivity index (χ3v) is 7.93. The Kier molecular flexibility index (Phi) is 17.4. The molecule has 0 aromatic heterocycles. The van der Waals surface area contributed by atoms with E-state index < -0.39 is 47.8 Å². The molecule has 3 atom stereocenters. The molecule has 10 heteroatoms. The number of nitrogens with one attached hydrogen (secondary N) is 1. The lowest BCUT2D eigenvalue weighted by atomic mass is 9.82. The Balaban J connectivity index is 2.85. The predicted octanol–water partition coefficient (Wildman–Crippen LogP) is 5.83. The van der Waals surface area contributed by atoms with E-state index in [9.17, 15) is 44.4 Å². The van der Waals surface area contributed by atoms with Crippen LogP contribution < -0.4 is 5.32 Å². The maximum atomic E-state index is 13.3. The predicted molar refractivity (Wildman–Crippen MR) is 172 cm³/mol. The summed E-state index contributed by atoms with van der Waals surface area (Å²) in [4.78, 5) is 60.8. The van der Waals surface area contributed by atoms with Gasteiger partial charge in [-0.05, 0) is 42.2 Å². The van der Waals surface area contributed by atoms with Gasteiger partial charge in [-0.2, -0.15) is 0 Å². The van der Waals surface area contributed by atoms with Gasteiger partial charge in [-0.3, -0.25) is 14.4 Å². The van der Waals surface area contributed by atoms with Gasteiger partial charge in [0.15, 0.2) is 5.60 Å². The Morgan fingerprint density at radius 1 is 0.822 bits per heavy atom. The Hall–Kier alpha value is -3.53. The highest BCUT2D eigenvalue weighted by molar-refractivity contribution is 5.94. The first-order chi connectivity index (χ1) is 21.1. The van der Waals surface area contributed by atoms with Crippen molar-refractivity contribution in [1.29, 1.82) is 0 Å². The topological polar surface area (TPSA) is 178 Å². The molecule has 0 saturated heterocycles. The van der Waals surface area contributed by atoms with Gasteiger partial charge in [0.05, 0.1) is 12.3 Å². The molecule has 1 aromatic rings. The number of aliphatic hydroxyl groups is 1. The summed E-state index contributed by atoms with van der Waals surface area (Å²) in [6.07, 6.45) is 11.4. The number of carboxylic acids is 3. The summed E-state index contributed by atoms with van der Waals surface area (Å²) < 4.78 is 0. The van der Waals surface area contributed by atoms with E-state index in [1.165, 1.54) is 18.9 Å². The third kappa shape index (κ3) is 14.9. The molecule has 252 valence electrons. The van der Waals surface area contributed by atoms with Crippen molar-refractivity contribution >= 4 is 29.6 Å². The van der Waals surface area contributed by atoms with Gasteiger partial charge in [0, 0.05) is 19.3 Å². The van der Waals surface area contributed by atoms with E-state index >= 15 is 0 Å². The molecule has 0 bridgehead atoms. The molecule has 1 aromatic carbocycles. The molecule has 10 nitrogen and oxygen atoms in total. The molecular weight excluding hydrogens is 578 g/mol. The third-order valence-electron chi connectivity index (χ3n) is 7.93. The van der Waals surface area contributed by atoms with Crippen molar-refractivity contribution in [1.82, 2.24) is 5.32 Å². The van der Waals surface area contributed by atoms with Crippen molar-refractivity contribution in [2.75, 3.05) is 0 Å². The summed E-state index contributed by atoms with van der Waals surface area (Å²) in [5.41, 5.74) is -1.46. The molecule has 5 N–H and O–H groups in total. The summed E-state index contributed by atoms with van der Waals surface area (Å²) >= 11 is 0. The summed E-state index contributed by atoms with van der Waals surface area (Å²) in [6.45, 7) is 8.27. The molecule has 0 aliphatic rings. The van der Waals surface area contributed by atoms with Crippen molar-refractivity contribution in [3.63, 3.8) is 0 Å². The van der Waals surface area contributed by atoms with Gasteiger partial charge in [-0.25, -0.2) is 9.59 Å². The zero-order valence-corrected chi connectivity index (χ0v) is 27.3. The Bertz CT molecular complexity index is 1140. The van der Waals surface area contributed by atoms with Crippen LogP contribution in [-0.4, -0.2) is 61.7 Å². The van der Waals surface area contributed by atoms with Crippen LogP contribution in [0.4, 0.5) is 0 Å². The van der Waals surface area contributed by atoms with Gasteiger partial charge in [0.2, 0.25) is 5.91 Å². The molecular formula is C35H53NO9. The molecule has 0 heterocycles. The number of Topliss-reactive ketones (excluding diaryl/α,β-unsaturated/α-hetero) is 1. The summed E-state index contributed by atoms with van der Waals surface area (Å²) in [5, 5.41) is 42.0. The Labute approximate surface area is 267 Å². The number of carboxylic acid groups (broad SMARTS) is 3. The number of aliphatic carboxylic acids is 3. The highest BCUT2D eigenvalue weighted by atomic mass is 16.4. The normalized spacial score (nSPS) is 14.4. The van der Waals surface area contributed by atoms with Gasteiger partial charge < -0.3 is 25.7 Å². The maximum absolute atomic E-state index is 13.3. The summed E-state index contributed by atoms with van der Waals surface area (Å²) in [6, 6.07) is 5.79. The number of benzene rings is 1. The van der Waals surface area contributed by atoms with Gasteiger partial charge in [-0.1, -0.05) is 103 Å². The van der Waals surface area contributed by atoms with Crippen LogP contribution in [0.5, 0.6) is 0 Å². The van der Waals surface area contributed by atoms with Crippen LogP contribution in [0.1, 0.15) is 122 Å². The Morgan fingerprint density at radius 3 is 1.87 bits per heavy atom. The fourth-order valence-electron chi connectivity index (χ4n) is 5.07. The number of amides is 1. The molecule has 45 heavy (non-hydrogen) atoms. The fourth-order valence-corrected chi connectivity index (χ4v) is 5.07. The van der Waals surface area contributed by atoms with Crippen molar-refractivity contribution in [3.05, 3.63) is 47.5 Å². The van der Waals surface area contributed by atoms with Crippen molar-refractivity contribution < 1.29 is 44.4 Å². The number of unbranched alkanes of at least 4 members (excludes halogenated alkanes) is 8. The van der Waals surface area contributed by atoms with Crippen LogP contribution in [0, 0.1) is 5.92 Å². The number of rotatable bonds is 23. The molecule has 0 radical (unpaired) electrons. The monoisotopic (exact) mass is 631 g/mol. The van der Waals surface area contributed by atoms with Crippen LogP contribution in [0.3, 0.4) is 0 Å². The molecule has 0 aliphatic carbocycles. The highest BCUT2D eigenvalue weighted by Gasteiger charge is 2.49. The van der Waals surface area contributed by atoms with Crippen LogP contribution in [0.25, 0.3) is 0 Å². The number of carbonyl (C=O) groups is 5. The quantitative estimate of drug-likeness (QED) is 0.0734. The number of hydrogen-bond donors (Lipinski definition) is 5. The standard InChI is InChI=1S/C35H53NO9/c1-5-6-7-10-13-16-27(37)17-14-11-8-9-12-15-18-28(35(45,33(43)44)24-30(38)39)31(40)36-29(32(41)42)23-25-19-21-26(22-20-25)34(2,3)4/h15,18-22,28-29,45H,5-14,16-17,23-24H2,1-4H3,(H,36,40)(H,38,39)(H,41,42)(H,43,44)/t28-,29+,35+/m1/s1. The van der Waals surface area contributed by atoms with E-state index in [0.717, 1.165) is 50.2 Å². The van der Waals surface area contributed by atoms with Crippen LogP contribution >= 0.6 is 0 Å². The van der Waals surface area contributed by atoms with Crippen LogP contribution in [-0.2, 0) is 35.8 Å². The van der Waals surface area contributed by atoms with Crippen LogP contribution in [0.2, 0.25) is 0 Å². The first-order valence-electron chi connectivity index (χ1n) is 16.1. The molecule has 1 amide bonds. The SMILES string of the molecule is CCCCCCCC(=O)CCCCCCC=C[C@H](C(=O)N[C@@H](Cc1ccc(C(C)(C)C)cc1)C(=O)O)[C@@](O)(CC(=O)O)C(=O)O. The zero-order chi connectivity index (χ0) is 34.0. The second-order valence-electron chi connectivity index (χ2n) is 12.9. The molecule has 0 saturated carbocycles. The van der Waals surface area contributed by atoms with Gasteiger partial charge in [-0.15, -0.1) is 0 Å². The second kappa shape index (κ2) is 19.8. The van der Waals surface area contributed by atoms with Crippen molar-refractivity contribution in [2.45, 2.75) is 135 Å². The second-order valence-corrected chi connectivity index (χ2v) is 12.9. The summed E-state index contributed by atoms with van der Waals surface area (Å²) in [5.74, 6) is -7.59. The smallest absolute Gasteiger partial charge is 0.337 e. The molecule has 0 unspecified atom stereocenters. The summed E-state index contributed by atoms with van der Waals surface area (Å²) in [7, 11) is 0. The fraction of sp³-hybridized carbons (Fsp3) is 0.629. The van der Waals surface area contributed by atoms with Gasteiger partial charge >= 0.3 is 17.9 Å². The number of allylic oxidation sites excluding steroid dienone is 1. The largest absolute Gasteiger partial charge is 0.481 e. The Morgan fingerprint density at radius 2 is 1.38 bits per heavy atom. The molecule has 0 fully saturated rings. The lowest BCUT2D eigenvalue weighted by Crippen LogP contribution is -2.55. The lowest BCUT2D eigenvalue weighted by molar-refractivity contribution is -0.172. The number of ketones is 1. The zero-order valence-electron chi connectivity index (χ0n) is 27.3. The minimum Gasteiger partial charge on any atom is -0.481 e. The van der Waals surface area contributed by atoms with E-state index in [1.807, 2.05) is 32.9 Å². The number of hydrogen-bond acceptors (Lipinski definition) is 6. The van der Waals surface area contributed by atoms with Crippen molar-refractivity contribution in [2.24, 2.45) is 5.92 Å². The highest BCUT2D eigenvalue weighted by Crippen LogP contribution is 2.26.